The Kier molecular flexibility index (Phi) is 7.82. The Bertz CT molecular complexity index is 1380. The maximum absolute atomic E-state index is 14.3. The summed E-state index contributed by atoms with van der Waals surface area (Å²) in [4.78, 5) is 27.2. The van der Waals surface area contributed by atoms with E-state index in [9.17, 15) is 27.2 Å². The number of aromatic amines is 1. The molecule has 4 rings (SSSR count). The van der Waals surface area contributed by atoms with E-state index in [0.717, 1.165) is 30.8 Å². The number of anilines is 1. The number of hydrogen-bond donors (Lipinski definition) is 2. The van der Waals surface area contributed by atoms with Crippen molar-refractivity contribution in [2.75, 3.05) is 5.73 Å². The minimum atomic E-state index is -4.74. The van der Waals surface area contributed by atoms with Crippen LogP contribution in [0, 0.1) is 5.82 Å². The van der Waals surface area contributed by atoms with Crippen molar-refractivity contribution in [3.8, 4) is 10.6 Å². The summed E-state index contributed by atoms with van der Waals surface area (Å²) in [5.74, 6) is -0.397. The van der Waals surface area contributed by atoms with Crippen molar-refractivity contribution in [3.05, 3.63) is 74.3 Å². The topological polar surface area (TPSA) is 107 Å². The lowest BCUT2D eigenvalue weighted by molar-refractivity contribution is -0.138. The van der Waals surface area contributed by atoms with Gasteiger partial charge in [0.25, 0.3) is 11.1 Å². The third kappa shape index (κ3) is 5.68. The smallest absolute Gasteiger partial charge is 0.397 e. The van der Waals surface area contributed by atoms with Crippen LogP contribution in [0.4, 0.5) is 23.2 Å². The average Bonchev–Trinajstić information content (AvgIpc) is 3.30. The van der Waals surface area contributed by atoms with Crippen LogP contribution in [0.2, 0.25) is 0 Å². The van der Waals surface area contributed by atoms with Gasteiger partial charge >= 0.3 is 6.18 Å². The summed E-state index contributed by atoms with van der Waals surface area (Å²) < 4.78 is 51.9. The minimum Gasteiger partial charge on any atom is -0.397 e. The number of unbranched alkanes of at least 4 members (excludes halogenated alkanes) is 2. The largest absolute Gasteiger partial charge is 0.423 e. The Balaban J connectivity index is 0.000000229. The van der Waals surface area contributed by atoms with E-state index < -0.39 is 28.8 Å². The average molecular weight is 496 g/mol. The Labute approximate surface area is 194 Å². The summed E-state index contributed by atoms with van der Waals surface area (Å²) in [5, 5.41) is 8.36. The second kappa shape index (κ2) is 10.6. The molecule has 3 heterocycles. The summed E-state index contributed by atoms with van der Waals surface area (Å²) in [5.41, 5.74) is 1.82. The van der Waals surface area contributed by atoms with Gasteiger partial charge in [-0.3, -0.25) is 9.59 Å². The first kappa shape index (κ1) is 25.1. The van der Waals surface area contributed by atoms with Crippen LogP contribution in [0.15, 0.2) is 51.8 Å². The number of fused-ring (bicyclic) bond motifs is 1. The second-order valence-corrected chi connectivity index (χ2v) is 8.20. The van der Waals surface area contributed by atoms with E-state index in [-0.39, 0.29) is 5.56 Å². The lowest BCUT2D eigenvalue weighted by Gasteiger charge is -2.08. The fourth-order valence-corrected chi connectivity index (χ4v) is 3.89. The monoisotopic (exact) mass is 495 g/mol. The number of halogens is 4. The molecular weight excluding hydrogens is 474 g/mol. The van der Waals surface area contributed by atoms with Crippen LogP contribution in [0.3, 0.4) is 0 Å². The van der Waals surface area contributed by atoms with E-state index >= 15 is 0 Å². The highest BCUT2D eigenvalue weighted by atomic mass is 32.1. The van der Waals surface area contributed by atoms with Crippen LogP contribution >= 0.6 is 11.3 Å². The second-order valence-electron chi connectivity index (χ2n) is 7.31. The number of nitrogen functional groups attached to an aromatic ring is 1. The number of aryl methyl sites for hydroxylation is 1. The van der Waals surface area contributed by atoms with Gasteiger partial charge in [-0.05, 0) is 30.0 Å². The number of aromatic nitrogens is 4. The van der Waals surface area contributed by atoms with Crippen molar-refractivity contribution in [3.63, 3.8) is 0 Å². The number of thiazole rings is 1. The molecule has 4 aromatic rings. The van der Waals surface area contributed by atoms with Crippen molar-refractivity contribution in [1.82, 2.24) is 19.7 Å². The van der Waals surface area contributed by atoms with Gasteiger partial charge in [0.1, 0.15) is 16.4 Å². The minimum absolute atomic E-state index is 0.127. The third-order valence-electron chi connectivity index (χ3n) is 4.90. The van der Waals surface area contributed by atoms with Gasteiger partial charge in [0.15, 0.2) is 0 Å². The molecule has 0 spiro atoms. The van der Waals surface area contributed by atoms with Crippen molar-refractivity contribution < 1.29 is 17.6 Å². The maximum Gasteiger partial charge on any atom is 0.423 e. The molecular formula is C22H21F4N5O2S. The lowest BCUT2D eigenvalue weighted by atomic mass is 10.1. The maximum atomic E-state index is 14.3. The fraction of sp³-hybridized carbons (Fsp3) is 0.273. The van der Waals surface area contributed by atoms with Gasteiger partial charge < -0.3 is 10.3 Å². The molecule has 12 heteroatoms. The highest BCUT2D eigenvalue weighted by Gasteiger charge is 2.36. The molecule has 0 radical (unpaired) electrons. The highest BCUT2D eigenvalue weighted by molar-refractivity contribution is 7.13. The van der Waals surface area contributed by atoms with Crippen LogP contribution in [0.1, 0.15) is 31.7 Å². The molecule has 0 amide bonds. The summed E-state index contributed by atoms with van der Waals surface area (Å²) in [6.07, 6.45) is 2.60. The molecule has 0 atom stereocenters. The SMILES string of the molecule is CCCCCn1ccc2cc(-c3nccs3)c(F)cc2c1=O.Nc1cn[nH]c(=O)c1C(F)(F)F. The van der Waals surface area contributed by atoms with Crippen LogP contribution in [0.5, 0.6) is 0 Å². The summed E-state index contributed by atoms with van der Waals surface area (Å²) in [7, 11) is 0. The first-order valence-electron chi connectivity index (χ1n) is 10.3. The number of pyridine rings is 1. The Morgan fingerprint density at radius 2 is 1.97 bits per heavy atom. The van der Waals surface area contributed by atoms with E-state index in [1.165, 1.54) is 17.4 Å². The van der Waals surface area contributed by atoms with Gasteiger partial charge in [0, 0.05) is 29.9 Å². The Hall–Kier alpha value is -3.54. The summed E-state index contributed by atoms with van der Waals surface area (Å²) >= 11 is 1.39. The number of nitrogens with one attached hydrogen (secondary N) is 1. The standard InChI is InChI=1S/C17H17FN2OS.C5H4F3N3O/c1-2-3-4-7-20-8-5-12-10-14(16-19-6-9-22-16)15(18)11-13(12)17(20)21;6-5(7,8)3-2(9)1-10-11-4(3)12/h5-6,8-11H,2-4,7H2,1H3;1H,(H3,9,11,12). The number of nitrogens with zero attached hydrogens (tertiary/aromatic N) is 3. The molecule has 0 saturated carbocycles. The molecule has 0 aliphatic heterocycles. The molecule has 1 aromatic carbocycles. The molecule has 0 fully saturated rings. The molecule has 3 N–H and O–H groups in total. The van der Waals surface area contributed by atoms with Gasteiger partial charge in [-0.15, -0.1) is 11.3 Å². The zero-order valence-corrected chi connectivity index (χ0v) is 18.8. The molecule has 3 aromatic heterocycles. The predicted octanol–water partition coefficient (Wildman–Crippen LogP) is 4.83. The molecule has 0 bridgehead atoms. The first-order chi connectivity index (χ1) is 16.1. The van der Waals surface area contributed by atoms with Crippen molar-refractivity contribution in [2.45, 2.75) is 38.9 Å². The summed E-state index contributed by atoms with van der Waals surface area (Å²) in [6, 6.07) is 4.92. The van der Waals surface area contributed by atoms with Gasteiger partial charge in [0.05, 0.1) is 17.3 Å². The third-order valence-corrected chi connectivity index (χ3v) is 5.71. The van der Waals surface area contributed by atoms with E-state index in [1.807, 2.05) is 11.4 Å². The Morgan fingerprint density at radius 1 is 1.21 bits per heavy atom. The molecule has 0 aliphatic carbocycles. The van der Waals surface area contributed by atoms with Crippen LogP contribution in [-0.4, -0.2) is 19.7 Å². The van der Waals surface area contributed by atoms with E-state index in [4.69, 9.17) is 5.73 Å². The Morgan fingerprint density at radius 3 is 2.56 bits per heavy atom. The molecule has 0 aliphatic rings. The van der Waals surface area contributed by atoms with Gasteiger partial charge in [0.2, 0.25) is 0 Å². The molecule has 34 heavy (non-hydrogen) atoms. The number of nitrogens with two attached hydrogens (primary N) is 1. The van der Waals surface area contributed by atoms with E-state index in [1.54, 1.807) is 28.1 Å². The van der Waals surface area contributed by atoms with Gasteiger partial charge in [-0.2, -0.15) is 18.3 Å². The van der Waals surface area contributed by atoms with Crippen molar-refractivity contribution in [1.29, 1.82) is 0 Å². The number of rotatable bonds is 5. The molecule has 0 unspecified atom stereocenters. The van der Waals surface area contributed by atoms with Crippen LogP contribution in [0.25, 0.3) is 21.3 Å². The quantitative estimate of drug-likeness (QED) is 0.305. The predicted molar refractivity (Wildman–Crippen MR) is 123 cm³/mol. The highest BCUT2D eigenvalue weighted by Crippen LogP contribution is 2.30. The van der Waals surface area contributed by atoms with Crippen LogP contribution in [-0.2, 0) is 12.7 Å². The number of H-pyrrole nitrogens is 1. The van der Waals surface area contributed by atoms with Gasteiger partial charge in [-0.25, -0.2) is 14.5 Å². The van der Waals surface area contributed by atoms with Crippen LogP contribution < -0.4 is 16.9 Å². The summed E-state index contributed by atoms with van der Waals surface area (Å²) in [6.45, 7) is 2.80. The molecule has 180 valence electrons. The van der Waals surface area contributed by atoms with E-state index in [0.29, 0.717) is 22.5 Å². The zero-order valence-electron chi connectivity index (χ0n) is 18.0. The number of hydrogen-bond acceptors (Lipinski definition) is 6. The zero-order chi connectivity index (χ0) is 24.9. The van der Waals surface area contributed by atoms with Crippen molar-refractivity contribution in [2.24, 2.45) is 0 Å². The molecule has 7 nitrogen and oxygen atoms in total. The number of benzene rings is 1. The lowest BCUT2D eigenvalue weighted by Crippen LogP contribution is -2.24. The van der Waals surface area contributed by atoms with Crippen molar-refractivity contribution >= 4 is 27.8 Å². The normalized spacial score (nSPS) is 11.3. The van der Waals surface area contributed by atoms with E-state index in [2.05, 4.69) is 17.0 Å². The number of alkyl halides is 3. The van der Waals surface area contributed by atoms with Gasteiger partial charge in [-0.1, -0.05) is 19.8 Å². The first-order valence-corrected chi connectivity index (χ1v) is 11.1. The fourth-order valence-electron chi connectivity index (χ4n) is 3.24. The molecule has 0 saturated heterocycles.